The van der Waals surface area contributed by atoms with E-state index in [1.165, 1.54) is 0 Å². The molecule has 4 amide bonds. The van der Waals surface area contributed by atoms with Gasteiger partial charge in [-0.3, -0.25) is 9.59 Å². The molecule has 1 N–H and O–H groups in total. The Morgan fingerprint density at radius 3 is 2.42 bits per heavy atom. The molecule has 0 saturated carbocycles. The minimum Gasteiger partial charge on any atom is -0.334 e. The van der Waals surface area contributed by atoms with E-state index in [0.29, 0.717) is 19.5 Å². The molecular formula is C23H35N5O3. The smallest absolute Gasteiger partial charge is 0.334 e. The van der Waals surface area contributed by atoms with Gasteiger partial charge >= 0.3 is 6.03 Å². The quantitative estimate of drug-likeness (QED) is 0.722. The fraction of sp³-hybridized carbons (Fsp3) is 0.609. The first-order valence-corrected chi connectivity index (χ1v) is 11.4. The minimum atomic E-state index is -0.519. The number of carbonyl (C=O) groups is 3. The van der Waals surface area contributed by atoms with Crippen molar-refractivity contribution in [2.75, 3.05) is 20.1 Å². The third-order valence-electron chi connectivity index (χ3n) is 6.33. The lowest BCUT2D eigenvalue weighted by molar-refractivity contribution is -0.189. The number of piperazine rings is 1. The number of nitrogens with one attached hydrogen (secondary N) is 1. The van der Waals surface area contributed by atoms with Crippen LogP contribution < -0.4 is 5.32 Å². The number of hydrogen-bond acceptors (Lipinski definition) is 4. The highest BCUT2D eigenvalue weighted by atomic mass is 16.2. The Balaban J connectivity index is 1.88. The summed E-state index contributed by atoms with van der Waals surface area (Å²) in [7, 11) is 1.75. The van der Waals surface area contributed by atoms with Crippen LogP contribution in [0.5, 0.6) is 0 Å². The second-order valence-electron chi connectivity index (χ2n) is 8.35. The summed E-state index contributed by atoms with van der Waals surface area (Å²) in [5, 5.41) is 6.28. The van der Waals surface area contributed by atoms with Gasteiger partial charge in [0.05, 0.1) is 13.1 Å². The molecule has 0 aromatic heterocycles. The first-order valence-electron chi connectivity index (χ1n) is 11.4. The van der Waals surface area contributed by atoms with Gasteiger partial charge in [0.2, 0.25) is 11.8 Å². The number of carbonyl (C=O) groups excluding carboxylic acids is 3. The molecule has 2 aliphatic heterocycles. The van der Waals surface area contributed by atoms with Crippen LogP contribution in [0.1, 0.15) is 52.0 Å². The number of likely N-dealkylation sites (N-methyl/N-ethyl adjacent to an activating group) is 1. The van der Waals surface area contributed by atoms with E-state index in [-0.39, 0.29) is 30.4 Å². The highest BCUT2D eigenvalue weighted by Crippen LogP contribution is 2.30. The normalized spacial score (nSPS) is 22.2. The number of nitrogens with zero attached hydrogens (tertiary/aromatic N) is 4. The summed E-state index contributed by atoms with van der Waals surface area (Å²) in [6.45, 7) is 6.98. The summed E-state index contributed by atoms with van der Waals surface area (Å²) >= 11 is 0. The first-order chi connectivity index (χ1) is 14.9. The number of rotatable bonds is 7. The summed E-state index contributed by atoms with van der Waals surface area (Å²) in [5.41, 5.74) is 1.00. The maximum absolute atomic E-state index is 13.3. The lowest BCUT2D eigenvalue weighted by Crippen LogP contribution is -2.76. The van der Waals surface area contributed by atoms with Crippen molar-refractivity contribution in [2.24, 2.45) is 0 Å². The molecule has 8 nitrogen and oxygen atoms in total. The Kier molecular flexibility index (Phi) is 7.54. The van der Waals surface area contributed by atoms with Crippen LogP contribution in [0.15, 0.2) is 30.3 Å². The summed E-state index contributed by atoms with van der Waals surface area (Å²) in [4.78, 5) is 43.1. The molecule has 31 heavy (non-hydrogen) atoms. The number of amides is 4. The largest absolute Gasteiger partial charge is 0.334 e. The first kappa shape index (κ1) is 23.1. The Morgan fingerprint density at radius 2 is 1.81 bits per heavy atom. The molecule has 0 radical (unpaired) electrons. The van der Waals surface area contributed by atoms with Gasteiger partial charge in [-0.2, -0.15) is 0 Å². The highest BCUT2D eigenvalue weighted by Gasteiger charge is 2.51. The number of benzene rings is 1. The zero-order valence-corrected chi connectivity index (χ0v) is 19.1. The molecular weight excluding hydrogens is 394 g/mol. The Bertz CT molecular complexity index is 783. The van der Waals surface area contributed by atoms with Crippen molar-refractivity contribution in [3.05, 3.63) is 35.9 Å². The van der Waals surface area contributed by atoms with Crippen LogP contribution in [0.3, 0.4) is 0 Å². The van der Waals surface area contributed by atoms with Gasteiger partial charge in [0, 0.05) is 19.6 Å². The van der Waals surface area contributed by atoms with Gasteiger partial charge in [-0.1, -0.05) is 57.5 Å². The van der Waals surface area contributed by atoms with Crippen LogP contribution in [0, 0.1) is 0 Å². The lowest BCUT2D eigenvalue weighted by Gasteiger charge is -2.55. The molecule has 3 rings (SSSR count). The molecule has 2 heterocycles. The van der Waals surface area contributed by atoms with Gasteiger partial charge in [0.1, 0.15) is 12.2 Å². The Morgan fingerprint density at radius 1 is 1.13 bits per heavy atom. The van der Waals surface area contributed by atoms with Gasteiger partial charge in [-0.05, 0) is 24.8 Å². The molecule has 8 heteroatoms. The second-order valence-corrected chi connectivity index (χ2v) is 8.35. The van der Waals surface area contributed by atoms with E-state index < -0.39 is 12.2 Å². The Hall–Kier alpha value is -2.61. The fourth-order valence-electron chi connectivity index (χ4n) is 4.73. The van der Waals surface area contributed by atoms with Crippen molar-refractivity contribution in [1.82, 2.24) is 25.1 Å². The van der Waals surface area contributed by atoms with Crippen LogP contribution in [-0.2, 0) is 16.1 Å². The number of hydrazine groups is 1. The van der Waals surface area contributed by atoms with Gasteiger partial charge in [0.15, 0.2) is 0 Å². The monoisotopic (exact) mass is 429 g/mol. The minimum absolute atomic E-state index is 0.00865. The molecule has 0 bridgehead atoms. The molecule has 2 atom stereocenters. The maximum Gasteiger partial charge on any atom is 0.334 e. The van der Waals surface area contributed by atoms with E-state index in [9.17, 15) is 14.4 Å². The number of urea groups is 1. The predicted molar refractivity (Wildman–Crippen MR) is 119 cm³/mol. The number of hydrogen-bond donors (Lipinski definition) is 1. The molecule has 1 aromatic carbocycles. The van der Waals surface area contributed by atoms with Crippen molar-refractivity contribution in [2.45, 2.75) is 71.2 Å². The SMILES string of the molecule is CCC[C@H]1C(=O)N(C(CC)CC)CC2N1C(=O)CN(C)N2C(=O)NCc1ccccc1. The van der Waals surface area contributed by atoms with Crippen molar-refractivity contribution >= 4 is 17.8 Å². The van der Waals surface area contributed by atoms with Crippen molar-refractivity contribution in [1.29, 1.82) is 0 Å². The van der Waals surface area contributed by atoms with E-state index in [0.717, 1.165) is 24.8 Å². The van der Waals surface area contributed by atoms with Crippen LogP contribution >= 0.6 is 0 Å². The van der Waals surface area contributed by atoms with Crippen LogP contribution in [-0.4, -0.2) is 76.0 Å². The molecule has 2 saturated heterocycles. The van der Waals surface area contributed by atoms with E-state index in [4.69, 9.17) is 0 Å². The van der Waals surface area contributed by atoms with Crippen LogP contribution in [0.4, 0.5) is 4.79 Å². The zero-order chi connectivity index (χ0) is 22.5. The zero-order valence-electron chi connectivity index (χ0n) is 19.1. The standard InChI is InChI=1S/C23H35N5O3/c1-5-11-19-22(30)26(18(6-2)7-3)15-20-27(19)21(29)16-25(4)28(20)23(31)24-14-17-12-9-8-10-13-17/h8-10,12-13,18-20H,5-7,11,14-16H2,1-4H3,(H,24,31)/t19-,20?/m0/s1. The molecule has 0 spiro atoms. The van der Waals surface area contributed by atoms with Crippen LogP contribution in [0.25, 0.3) is 0 Å². The molecule has 2 fully saturated rings. The Labute approximate surface area is 185 Å². The third kappa shape index (κ3) is 4.69. The molecule has 170 valence electrons. The summed E-state index contributed by atoms with van der Waals surface area (Å²) < 4.78 is 0. The van der Waals surface area contributed by atoms with Gasteiger partial charge < -0.3 is 15.1 Å². The molecule has 0 aliphatic carbocycles. The molecule has 1 unspecified atom stereocenters. The van der Waals surface area contributed by atoms with Crippen molar-refractivity contribution in [3.8, 4) is 0 Å². The van der Waals surface area contributed by atoms with Crippen molar-refractivity contribution in [3.63, 3.8) is 0 Å². The van der Waals surface area contributed by atoms with E-state index >= 15 is 0 Å². The van der Waals surface area contributed by atoms with Gasteiger partial charge in [-0.25, -0.2) is 14.8 Å². The van der Waals surface area contributed by atoms with Gasteiger partial charge in [-0.15, -0.1) is 0 Å². The van der Waals surface area contributed by atoms with E-state index in [1.807, 2.05) is 42.2 Å². The van der Waals surface area contributed by atoms with E-state index in [2.05, 4.69) is 19.2 Å². The third-order valence-corrected chi connectivity index (χ3v) is 6.33. The fourth-order valence-corrected chi connectivity index (χ4v) is 4.73. The van der Waals surface area contributed by atoms with Gasteiger partial charge in [0.25, 0.3) is 0 Å². The second kappa shape index (κ2) is 10.1. The summed E-state index contributed by atoms with van der Waals surface area (Å²) in [6, 6.07) is 9.05. The van der Waals surface area contributed by atoms with Crippen LogP contribution in [0.2, 0.25) is 0 Å². The summed E-state index contributed by atoms with van der Waals surface area (Å²) in [5.74, 6) is -0.0926. The van der Waals surface area contributed by atoms with E-state index in [1.54, 1.807) is 22.0 Å². The number of fused-ring (bicyclic) bond motifs is 1. The lowest BCUT2D eigenvalue weighted by atomic mass is 9.99. The summed E-state index contributed by atoms with van der Waals surface area (Å²) in [6.07, 6.45) is 2.58. The topological polar surface area (TPSA) is 76.2 Å². The highest BCUT2D eigenvalue weighted by molar-refractivity contribution is 5.91. The van der Waals surface area contributed by atoms with Crippen molar-refractivity contribution < 1.29 is 14.4 Å². The average molecular weight is 430 g/mol. The predicted octanol–water partition coefficient (Wildman–Crippen LogP) is 2.41. The maximum atomic E-state index is 13.3. The molecule has 2 aliphatic rings. The average Bonchev–Trinajstić information content (AvgIpc) is 2.76. The molecule has 1 aromatic rings.